The highest BCUT2D eigenvalue weighted by Gasteiger charge is 2.18. The summed E-state index contributed by atoms with van der Waals surface area (Å²) in [6.45, 7) is 4.66. The molecule has 0 aliphatic heterocycles. The van der Waals surface area contributed by atoms with Crippen LogP contribution in [-0.2, 0) is 4.79 Å². The lowest BCUT2D eigenvalue weighted by atomic mass is 9.95. The van der Waals surface area contributed by atoms with Gasteiger partial charge in [0.1, 0.15) is 0 Å². The van der Waals surface area contributed by atoms with Crippen LogP contribution in [0.4, 0.5) is 0 Å². The first-order chi connectivity index (χ1) is 8.13. The highest BCUT2D eigenvalue weighted by Crippen LogP contribution is 2.17. The van der Waals surface area contributed by atoms with Gasteiger partial charge in [0, 0.05) is 12.1 Å². The van der Waals surface area contributed by atoms with Crippen molar-refractivity contribution in [3.8, 4) is 6.07 Å². The molecule has 1 N–H and O–H groups in total. The van der Waals surface area contributed by atoms with Crippen LogP contribution in [0, 0.1) is 11.3 Å². The lowest BCUT2D eigenvalue weighted by molar-refractivity contribution is -0.123. The Morgan fingerprint density at radius 1 is 1.41 bits per heavy atom. The van der Waals surface area contributed by atoms with E-state index in [0.29, 0.717) is 19.1 Å². The predicted molar refractivity (Wildman–Crippen MR) is 67.3 cm³/mol. The maximum atomic E-state index is 11.8. The molecule has 0 unspecified atom stereocenters. The highest BCUT2D eigenvalue weighted by atomic mass is 16.2. The number of amides is 1. The normalized spacial score (nSPS) is 17.1. The van der Waals surface area contributed by atoms with E-state index in [1.807, 2.05) is 18.7 Å². The molecule has 1 aliphatic carbocycles. The quantitative estimate of drug-likeness (QED) is 0.740. The van der Waals surface area contributed by atoms with Crippen molar-refractivity contribution in [2.75, 3.05) is 13.1 Å². The van der Waals surface area contributed by atoms with Crippen LogP contribution >= 0.6 is 0 Å². The minimum Gasteiger partial charge on any atom is -0.352 e. The van der Waals surface area contributed by atoms with Gasteiger partial charge in [0.15, 0.2) is 0 Å². The Morgan fingerprint density at radius 3 is 2.59 bits per heavy atom. The second kappa shape index (κ2) is 7.29. The van der Waals surface area contributed by atoms with Gasteiger partial charge < -0.3 is 5.32 Å². The summed E-state index contributed by atoms with van der Waals surface area (Å²) in [6.07, 6.45) is 5.93. The Kier molecular flexibility index (Phi) is 5.99. The number of nitrogens with zero attached hydrogens (tertiary/aromatic N) is 2. The largest absolute Gasteiger partial charge is 0.352 e. The first kappa shape index (κ1) is 14.0. The number of carbonyl (C=O) groups excluding carboxylic acids is 1. The van der Waals surface area contributed by atoms with E-state index >= 15 is 0 Å². The molecule has 1 amide bonds. The minimum absolute atomic E-state index is 0.0563. The van der Waals surface area contributed by atoms with E-state index in [0.717, 1.165) is 12.8 Å². The molecule has 0 aromatic carbocycles. The summed E-state index contributed by atoms with van der Waals surface area (Å²) < 4.78 is 0. The van der Waals surface area contributed by atoms with E-state index in [1.165, 1.54) is 19.3 Å². The zero-order valence-corrected chi connectivity index (χ0v) is 10.9. The van der Waals surface area contributed by atoms with Gasteiger partial charge in [-0.2, -0.15) is 5.26 Å². The molecule has 0 saturated heterocycles. The van der Waals surface area contributed by atoms with Gasteiger partial charge in [-0.05, 0) is 26.7 Å². The Morgan fingerprint density at radius 2 is 2.06 bits per heavy atom. The van der Waals surface area contributed by atoms with E-state index in [9.17, 15) is 4.79 Å². The molecule has 1 aliphatic rings. The number of rotatable bonds is 5. The van der Waals surface area contributed by atoms with E-state index < -0.39 is 0 Å². The summed E-state index contributed by atoms with van der Waals surface area (Å²) in [4.78, 5) is 13.7. The van der Waals surface area contributed by atoms with Crippen LogP contribution in [0.5, 0.6) is 0 Å². The van der Waals surface area contributed by atoms with Crippen molar-refractivity contribution in [2.24, 2.45) is 0 Å². The van der Waals surface area contributed by atoms with Gasteiger partial charge in [-0.3, -0.25) is 9.69 Å². The molecule has 1 rings (SSSR count). The third kappa shape index (κ3) is 5.18. The van der Waals surface area contributed by atoms with Gasteiger partial charge in [0.05, 0.1) is 19.2 Å². The molecule has 4 nitrogen and oxygen atoms in total. The van der Waals surface area contributed by atoms with Crippen molar-refractivity contribution in [3.05, 3.63) is 0 Å². The van der Waals surface area contributed by atoms with Crippen LogP contribution in [0.25, 0.3) is 0 Å². The zero-order valence-electron chi connectivity index (χ0n) is 10.9. The van der Waals surface area contributed by atoms with Crippen molar-refractivity contribution in [1.29, 1.82) is 5.26 Å². The molecular formula is C13H23N3O. The van der Waals surface area contributed by atoms with E-state index in [-0.39, 0.29) is 11.9 Å². The van der Waals surface area contributed by atoms with Crippen LogP contribution in [0.3, 0.4) is 0 Å². The predicted octanol–water partition coefficient (Wildman–Crippen LogP) is 1.67. The molecule has 0 bridgehead atoms. The van der Waals surface area contributed by atoms with Gasteiger partial charge in [-0.15, -0.1) is 0 Å². The van der Waals surface area contributed by atoms with Crippen molar-refractivity contribution >= 4 is 5.91 Å². The molecule has 96 valence electrons. The highest BCUT2D eigenvalue weighted by molar-refractivity contribution is 5.78. The number of nitriles is 1. The maximum Gasteiger partial charge on any atom is 0.234 e. The second-order valence-electron chi connectivity index (χ2n) is 5.06. The van der Waals surface area contributed by atoms with Crippen LogP contribution in [0.1, 0.15) is 46.0 Å². The van der Waals surface area contributed by atoms with Crippen LogP contribution in [0.2, 0.25) is 0 Å². The third-order valence-corrected chi connectivity index (χ3v) is 3.32. The summed E-state index contributed by atoms with van der Waals surface area (Å²) in [6, 6.07) is 2.69. The average molecular weight is 237 g/mol. The first-order valence-electron chi connectivity index (χ1n) is 6.54. The second-order valence-corrected chi connectivity index (χ2v) is 5.06. The minimum atomic E-state index is 0.0563. The molecule has 0 aromatic heterocycles. The fraction of sp³-hybridized carbons (Fsp3) is 0.846. The summed E-state index contributed by atoms with van der Waals surface area (Å²) in [5.74, 6) is 0.0563. The van der Waals surface area contributed by atoms with Crippen LogP contribution < -0.4 is 5.32 Å². The lowest BCUT2D eigenvalue weighted by Gasteiger charge is -2.26. The summed E-state index contributed by atoms with van der Waals surface area (Å²) in [5, 5.41) is 11.8. The molecule has 17 heavy (non-hydrogen) atoms. The Bertz CT molecular complexity index is 277. The number of nitrogens with one attached hydrogen (secondary N) is 1. The van der Waals surface area contributed by atoms with Crippen LogP contribution in [-0.4, -0.2) is 36.0 Å². The molecule has 4 heteroatoms. The third-order valence-electron chi connectivity index (χ3n) is 3.32. The zero-order chi connectivity index (χ0) is 12.7. The lowest BCUT2D eigenvalue weighted by Crippen LogP contribution is -2.44. The van der Waals surface area contributed by atoms with Crippen molar-refractivity contribution in [3.63, 3.8) is 0 Å². The van der Waals surface area contributed by atoms with Gasteiger partial charge in [0.2, 0.25) is 5.91 Å². The molecule has 0 atom stereocenters. The monoisotopic (exact) mass is 237 g/mol. The van der Waals surface area contributed by atoms with Gasteiger partial charge in [0.25, 0.3) is 0 Å². The molecule has 0 aromatic rings. The maximum absolute atomic E-state index is 11.8. The summed E-state index contributed by atoms with van der Waals surface area (Å²) in [5.41, 5.74) is 0. The molecule has 1 fully saturated rings. The topological polar surface area (TPSA) is 56.1 Å². The van der Waals surface area contributed by atoms with Crippen LogP contribution in [0.15, 0.2) is 0 Å². The molecule has 1 saturated carbocycles. The van der Waals surface area contributed by atoms with E-state index in [2.05, 4.69) is 11.4 Å². The van der Waals surface area contributed by atoms with E-state index in [4.69, 9.17) is 5.26 Å². The number of carbonyl (C=O) groups is 1. The standard InChI is InChI=1S/C13H23N3O/c1-11(2)16(9-8-14)10-13(17)15-12-6-4-3-5-7-12/h11-12H,3-7,9-10H2,1-2H3,(H,15,17). The Balaban J connectivity index is 2.33. The molecular weight excluding hydrogens is 214 g/mol. The molecule has 0 heterocycles. The molecule has 0 radical (unpaired) electrons. The van der Waals surface area contributed by atoms with Gasteiger partial charge in [-0.1, -0.05) is 19.3 Å². The van der Waals surface area contributed by atoms with Crippen molar-refractivity contribution in [1.82, 2.24) is 10.2 Å². The number of hydrogen-bond acceptors (Lipinski definition) is 3. The van der Waals surface area contributed by atoms with Crippen molar-refractivity contribution in [2.45, 2.75) is 58.0 Å². The number of hydrogen-bond donors (Lipinski definition) is 1. The Hall–Kier alpha value is -1.08. The van der Waals surface area contributed by atoms with E-state index in [1.54, 1.807) is 0 Å². The van der Waals surface area contributed by atoms with Gasteiger partial charge in [-0.25, -0.2) is 0 Å². The molecule has 0 spiro atoms. The SMILES string of the molecule is CC(C)N(CC#N)CC(=O)NC1CCCCC1. The smallest absolute Gasteiger partial charge is 0.234 e. The first-order valence-corrected chi connectivity index (χ1v) is 6.54. The van der Waals surface area contributed by atoms with Crippen molar-refractivity contribution < 1.29 is 4.79 Å². The fourth-order valence-electron chi connectivity index (χ4n) is 2.22. The summed E-state index contributed by atoms with van der Waals surface area (Å²) in [7, 11) is 0. The Labute approximate surface area is 104 Å². The van der Waals surface area contributed by atoms with Gasteiger partial charge >= 0.3 is 0 Å². The summed E-state index contributed by atoms with van der Waals surface area (Å²) >= 11 is 0. The fourth-order valence-corrected chi connectivity index (χ4v) is 2.22. The average Bonchev–Trinajstić information content (AvgIpc) is 2.29.